The summed E-state index contributed by atoms with van der Waals surface area (Å²) in [6, 6.07) is 16.6. The number of ether oxygens (including phenoxy) is 1. The monoisotopic (exact) mass is 381 g/mol. The second kappa shape index (κ2) is 8.56. The van der Waals surface area contributed by atoms with E-state index in [4.69, 9.17) is 16.3 Å². The highest BCUT2D eigenvalue weighted by Crippen LogP contribution is 2.19. The molecule has 0 aliphatic carbocycles. The van der Waals surface area contributed by atoms with Crippen molar-refractivity contribution in [2.45, 2.75) is 13.8 Å². The van der Waals surface area contributed by atoms with Crippen molar-refractivity contribution in [3.8, 4) is 5.75 Å². The number of anilines is 3. The highest BCUT2D eigenvalue weighted by atomic mass is 35.5. The Morgan fingerprint density at radius 2 is 1.74 bits per heavy atom. The number of benzene rings is 2. The second-order valence-electron chi connectivity index (χ2n) is 6.15. The van der Waals surface area contributed by atoms with Gasteiger partial charge in [-0.3, -0.25) is 4.79 Å². The SMILES string of the molecule is Cc1ccc(Nc2ccc(NC(=O)COc3ccc(Cl)cc3)cn2)cc1C. The molecule has 0 aliphatic heterocycles. The van der Waals surface area contributed by atoms with Crippen LogP contribution < -0.4 is 15.4 Å². The average Bonchev–Trinajstić information content (AvgIpc) is 2.66. The molecule has 27 heavy (non-hydrogen) atoms. The zero-order valence-corrected chi connectivity index (χ0v) is 15.9. The molecule has 0 bridgehead atoms. The number of nitrogens with zero attached hydrogens (tertiary/aromatic N) is 1. The van der Waals surface area contributed by atoms with Crippen molar-refractivity contribution in [1.82, 2.24) is 4.98 Å². The Labute approximate surface area is 163 Å². The van der Waals surface area contributed by atoms with Gasteiger partial charge in [0.05, 0.1) is 11.9 Å². The molecular weight excluding hydrogens is 362 g/mol. The van der Waals surface area contributed by atoms with E-state index in [0.717, 1.165) is 5.69 Å². The number of hydrogen-bond donors (Lipinski definition) is 2. The Hall–Kier alpha value is -3.05. The number of aromatic nitrogens is 1. The fraction of sp³-hybridized carbons (Fsp3) is 0.143. The Morgan fingerprint density at radius 1 is 1.00 bits per heavy atom. The zero-order valence-electron chi connectivity index (χ0n) is 15.1. The maximum atomic E-state index is 12.0. The first-order chi connectivity index (χ1) is 13.0. The van der Waals surface area contributed by atoms with E-state index in [1.165, 1.54) is 11.1 Å². The van der Waals surface area contributed by atoms with Crippen molar-refractivity contribution in [2.24, 2.45) is 0 Å². The van der Waals surface area contributed by atoms with Crippen molar-refractivity contribution in [2.75, 3.05) is 17.2 Å². The molecule has 2 aromatic carbocycles. The molecule has 1 amide bonds. The fourth-order valence-electron chi connectivity index (χ4n) is 2.39. The Bertz CT molecular complexity index is 925. The molecule has 0 fully saturated rings. The van der Waals surface area contributed by atoms with Crippen molar-refractivity contribution < 1.29 is 9.53 Å². The summed E-state index contributed by atoms with van der Waals surface area (Å²) in [5.74, 6) is 1.02. The lowest BCUT2D eigenvalue weighted by Gasteiger charge is -2.10. The summed E-state index contributed by atoms with van der Waals surface area (Å²) in [6.07, 6.45) is 1.60. The van der Waals surface area contributed by atoms with Crippen LogP contribution in [-0.4, -0.2) is 17.5 Å². The summed E-state index contributed by atoms with van der Waals surface area (Å²) in [7, 11) is 0. The van der Waals surface area contributed by atoms with Crippen molar-refractivity contribution >= 4 is 34.7 Å². The van der Waals surface area contributed by atoms with Crippen LogP contribution in [0.15, 0.2) is 60.8 Å². The second-order valence-corrected chi connectivity index (χ2v) is 6.58. The first-order valence-electron chi connectivity index (χ1n) is 8.48. The maximum Gasteiger partial charge on any atom is 0.262 e. The van der Waals surface area contributed by atoms with Gasteiger partial charge in [-0.1, -0.05) is 17.7 Å². The third-order valence-electron chi connectivity index (χ3n) is 4.01. The number of nitrogens with one attached hydrogen (secondary N) is 2. The lowest BCUT2D eigenvalue weighted by atomic mass is 10.1. The smallest absolute Gasteiger partial charge is 0.262 e. The highest BCUT2D eigenvalue weighted by Gasteiger charge is 2.05. The van der Waals surface area contributed by atoms with Crippen LogP contribution in [0.2, 0.25) is 5.02 Å². The van der Waals surface area contributed by atoms with Gasteiger partial charge < -0.3 is 15.4 Å². The first-order valence-corrected chi connectivity index (χ1v) is 8.86. The van der Waals surface area contributed by atoms with Crippen LogP contribution in [0.5, 0.6) is 5.75 Å². The van der Waals surface area contributed by atoms with Gasteiger partial charge in [0, 0.05) is 10.7 Å². The zero-order chi connectivity index (χ0) is 19.2. The molecule has 0 saturated carbocycles. The summed E-state index contributed by atoms with van der Waals surface area (Å²) in [6.45, 7) is 4.05. The first kappa shape index (κ1) is 18.7. The predicted octanol–water partition coefficient (Wildman–Crippen LogP) is 5.11. The average molecular weight is 382 g/mol. The molecule has 0 spiro atoms. The molecule has 2 N–H and O–H groups in total. The van der Waals surface area contributed by atoms with Gasteiger partial charge in [-0.25, -0.2) is 4.98 Å². The molecule has 0 radical (unpaired) electrons. The highest BCUT2D eigenvalue weighted by molar-refractivity contribution is 6.30. The van der Waals surface area contributed by atoms with Crippen molar-refractivity contribution in [1.29, 1.82) is 0 Å². The number of carbonyl (C=O) groups is 1. The third-order valence-corrected chi connectivity index (χ3v) is 4.26. The van der Waals surface area contributed by atoms with Crippen LogP contribution in [0.4, 0.5) is 17.2 Å². The van der Waals surface area contributed by atoms with Gasteiger partial charge >= 0.3 is 0 Å². The molecule has 3 aromatic rings. The summed E-state index contributed by atoms with van der Waals surface area (Å²) in [5, 5.41) is 6.61. The standard InChI is InChI=1S/C21H20ClN3O2/c1-14-3-6-17(11-15(14)2)24-20-10-7-18(12-23-20)25-21(26)13-27-19-8-4-16(22)5-9-19/h3-12H,13H2,1-2H3,(H,23,24)(H,25,26). The van der Waals surface area contributed by atoms with E-state index >= 15 is 0 Å². The van der Waals surface area contributed by atoms with E-state index in [2.05, 4.69) is 41.6 Å². The molecule has 0 unspecified atom stereocenters. The number of pyridine rings is 1. The van der Waals surface area contributed by atoms with E-state index in [9.17, 15) is 4.79 Å². The Morgan fingerprint density at radius 3 is 2.41 bits per heavy atom. The van der Waals surface area contributed by atoms with Gasteiger partial charge in [-0.15, -0.1) is 0 Å². The molecule has 1 aromatic heterocycles. The maximum absolute atomic E-state index is 12.0. The van der Waals surface area contributed by atoms with Gasteiger partial charge in [0.2, 0.25) is 0 Å². The Balaban J connectivity index is 1.52. The molecule has 6 heteroatoms. The van der Waals surface area contributed by atoms with Crippen molar-refractivity contribution in [3.63, 3.8) is 0 Å². The largest absolute Gasteiger partial charge is 0.484 e. The van der Waals surface area contributed by atoms with E-state index in [0.29, 0.717) is 22.3 Å². The number of hydrogen-bond acceptors (Lipinski definition) is 4. The van der Waals surface area contributed by atoms with E-state index in [-0.39, 0.29) is 12.5 Å². The van der Waals surface area contributed by atoms with Gasteiger partial charge in [-0.05, 0) is 73.5 Å². The number of halogens is 1. The van der Waals surface area contributed by atoms with E-state index in [1.807, 2.05) is 12.1 Å². The van der Waals surface area contributed by atoms with Crippen LogP contribution >= 0.6 is 11.6 Å². The summed E-state index contributed by atoms with van der Waals surface area (Å²) < 4.78 is 5.42. The molecule has 138 valence electrons. The van der Waals surface area contributed by atoms with Crippen LogP contribution in [0.3, 0.4) is 0 Å². The summed E-state index contributed by atoms with van der Waals surface area (Å²) in [4.78, 5) is 16.3. The normalized spacial score (nSPS) is 10.3. The number of amides is 1. The Kier molecular flexibility index (Phi) is 5.94. The minimum atomic E-state index is -0.262. The lowest BCUT2D eigenvalue weighted by molar-refractivity contribution is -0.118. The lowest BCUT2D eigenvalue weighted by Crippen LogP contribution is -2.20. The minimum absolute atomic E-state index is 0.0930. The molecule has 1 heterocycles. The predicted molar refractivity (Wildman–Crippen MR) is 109 cm³/mol. The summed E-state index contributed by atoms with van der Waals surface area (Å²) >= 11 is 5.81. The van der Waals surface area contributed by atoms with Crippen LogP contribution in [0, 0.1) is 13.8 Å². The molecule has 0 atom stereocenters. The molecule has 0 saturated heterocycles. The fourth-order valence-corrected chi connectivity index (χ4v) is 2.51. The van der Waals surface area contributed by atoms with E-state index in [1.54, 1.807) is 36.5 Å². The quantitative estimate of drug-likeness (QED) is 0.622. The molecule has 5 nitrogen and oxygen atoms in total. The van der Waals surface area contributed by atoms with Gasteiger partial charge in [-0.2, -0.15) is 0 Å². The number of rotatable bonds is 6. The third kappa shape index (κ3) is 5.46. The van der Waals surface area contributed by atoms with Crippen LogP contribution in [0.25, 0.3) is 0 Å². The van der Waals surface area contributed by atoms with Crippen LogP contribution in [-0.2, 0) is 4.79 Å². The van der Waals surface area contributed by atoms with Gasteiger partial charge in [0.25, 0.3) is 5.91 Å². The molecular formula is C21H20ClN3O2. The topological polar surface area (TPSA) is 63.2 Å². The van der Waals surface area contributed by atoms with Crippen LogP contribution in [0.1, 0.15) is 11.1 Å². The van der Waals surface area contributed by atoms with Gasteiger partial charge in [0.15, 0.2) is 6.61 Å². The minimum Gasteiger partial charge on any atom is -0.484 e. The molecule has 3 rings (SSSR count). The van der Waals surface area contributed by atoms with Crippen molar-refractivity contribution in [3.05, 3.63) is 76.9 Å². The van der Waals surface area contributed by atoms with Gasteiger partial charge in [0.1, 0.15) is 11.6 Å². The summed E-state index contributed by atoms with van der Waals surface area (Å²) in [5.41, 5.74) is 4.03. The van der Waals surface area contributed by atoms with E-state index < -0.39 is 0 Å². The number of aryl methyl sites for hydroxylation is 2. The number of carbonyl (C=O) groups excluding carboxylic acids is 1. The molecule has 0 aliphatic rings.